The van der Waals surface area contributed by atoms with Gasteiger partial charge in [-0.05, 0) is 30.2 Å². The Morgan fingerprint density at radius 2 is 2.06 bits per heavy atom. The predicted molar refractivity (Wildman–Crippen MR) is 72.7 cm³/mol. The van der Waals surface area contributed by atoms with Crippen molar-refractivity contribution < 1.29 is 4.79 Å². The number of para-hydroxylation sites is 1. The van der Waals surface area contributed by atoms with Crippen molar-refractivity contribution in [2.45, 2.75) is 19.9 Å². The molecule has 2 rings (SSSR count). The van der Waals surface area contributed by atoms with Crippen LogP contribution in [-0.4, -0.2) is 10.5 Å². The molecule has 4 heteroatoms. The average molecular weight is 243 g/mol. The number of anilines is 2. The third kappa shape index (κ3) is 2.91. The highest BCUT2D eigenvalue weighted by atomic mass is 16.1. The minimum Gasteiger partial charge on any atom is -0.368 e. The molecule has 94 valence electrons. The Hall–Kier alpha value is -2.23. The summed E-state index contributed by atoms with van der Waals surface area (Å²) >= 11 is 0. The zero-order valence-electron chi connectivity index (χ0n) is 10.4. The number of nitrogens with two attached hydrogens (primary N) is 1. The number of carbonyl (C=O) groups is 1. The zero-order valence-corrected chi connectivity index (χ0v) is 10.4. The third-order valence-electron chi connectivity index (χ3n) is 2.73. The van der Waals surface area contributed by atoms with E-state index in [0.717, 1.165) is 17.9 Å². The molecule has 2 aromatic rings. The fourth-order valence-electron chi connectivity index (χ4n) is 1.83. The Balaban J connectivity index is 2.25. The highest BCUT2D eigenvalue weighted by molar-refractivity contribution is 5.74. The summed E-state index contributed by atoms with van der Waals surface area (Å²) in [5.74, 6) is 0.543. The lowest BCUT2D eigenvalue weighted by molar-refractivity contribution is -0.118. The summed E-state index contributed by atoms with van der Waals surface area (Å²) in [6.45, 7) is 2.27. The number of nitrogens with one attached hydrogen (secondary N) is 1. The Morgan fingerprint density at radius 3 is 2.67 bits per heavy atom. The molecule has 1 aromatic carbocycles. The Bertz CT molecular complexity index is 531. The van der Waals surface area contributed by atoms with Crippen LogP contribution >= 0.6 is 0 Å². The molecule has 0 aliphatic carbocycles. The van der Waals surface area contributed by atoms with Gasteiger partial charge in [0.1, 0.15) is 12.4 Å². The van der Waals surface area contributed by atoms with Gasteiger partial charge in [0.15, 0.2) is 0 Å². The van der Waals surface area contributed by atoms with E-state index in [1.54, 1.807) is 0 Å². The predicted octanol–water partition coefficient (Wildman–Crippen LogP) is 2.28. The van der Waals surface area contributed by atoms with Crippen molar-refractivity contribution in [2.75, 3.05) is 5.32 Å². The summed E-state index contributed by atoms with van der Waals surface area (Å²) in [6, 6.07) is 11.9. The Kier molecular flexibility index (Phi) is 3.67. The quantitative estimate of drug-likeness (QED) is 0.846. The molecular weight excluding hydrogens is 226 g/mol. The molecule has 4 nitrogen and oxygen atoms in total. The first-order valence-corrected chi connectivity index (χ1v) is 5.98. The van der Waals surface area contributed by atoms with Crippen LogP contribution in [0.2, 0.25) is 0 Å². The maximum Gasteiger partial charge on any atom is 0.237 e. The molecule has 0 fully saturated rings. The van der Waals surface area contributed by atoms with Crippen LogP contribution in [-0.2, 0) is 17.8 Å². The molecule has 1 aromatic heterocycles. The van der Waals surface area contributed by atoms with E-state index in [-0.39, 0.29) is 12.5 Å². The summed E-state index contributed by atoms with van der Waals surface area (Å²) in [7, 11) is 0. The number of carbonyl (C=O) groups excluding carboxylic acids is 1. The number of benzene rings is 1. The monoisotopic (exact) mass is 243 g/mol. The average Bonchev–Trinajstić information content (AvgIpc) is 2.72. The van der Waals surface area contributed by atoms with Crippen molar-refractivity contribution in [1.82, 2.24) is 4.57 Å². The SMILES string of the molecule is CCc1cc(Nc2ccccc2)n(CC(N)=O)c1. The molecule has 0 aliphatic heterocycles. The lowest BCUT2D eigenvalue weighted by Gasteiger charge is -2.09. The van der Waals surface area contributed by atoms with E-state index in [9.17, 15) is 4.79 Å². The molecule has 1 amide bonds. The second-order valence-electron chi connectivity index (χ2n) is 4.17. The van der Waals surface area contributed by atoms with Crippen molar-refractivity contribution in [3.63, 3.8) is 0 Å². The van der Waals surface area contributed by atoms with Gasteiger partial charge in [0, 0.05) is 11.9 Å². The highest BCUT2D eigenvalue weighted by Gasteiger charge is 2.07. The number of aromatic nitrogens is 1. The Labute approximate surface area is 106 Å². The van der Waals surface area contributed by atoms with Crippen LogP contribution in [0.3, 0.4) is 0 Å². The van der Waals surface area contributed by atoms with Gasteiger partial charge in [0.05, 0.1) is 0 Å². The van der Waals surface area contributed by atoms with Crippen LogP contribution in [0.15, 0.2) is 42.6 Å². The number of aryl methyl sites for hydroxylation is 1. The van der Waals surface area contributed by atoms with Gasteiger partial charge in [-0.2, -0.15) is 0 Å². The molecule has 0 bridgehead atoms. The molecular formula is C14H17N3O. The van der Waals surface area contributed by atoms with Crippen LogP contribution in [0.1, 0.15) is 12.5 Å². The summed E-state index contributed by atoms with van der Waals surface area (Å²) in [6.07, 6.45) is 2.88. The third-order valence-corrected chi connectivity index (χ3v) is 2.73. The van der Waals surface area contributed by atoms with Gasteiger partial charge in [0.2, 0.25) is 5.91 Å². The standard InChI is InChI=1S/C14H17N3O/c1-2-11-8-14(17(9-11)10-13(15)18)16-12-6-4-3-5-7-12/h3-9,16H,2,10H2,1H3,(H2,15,18). The van der Waals surface area contributed by atoms with Crippen molar-refractivity contribution in [2.24, 2.45) is 5.73 Å². The van der Waals surface area contributed by atoms with E-state index < -0.39 is 0 Å². The van der Waals surface area contributed by atoms with Crippen LogP contribution in [0, 0.1) is 0 Å². The molecule has 0 saturated carbocycles. The number of hydrogen-bond acceptors (Lipinski definition) is 2. The highest BCUT2D eigenvalue weighted by Crippen LogP contribution is 2.20. The van der Waals surface area contributed by atoms with Gasteiger partial charge >= 0.3 is 0 Å². The van der Waals surface area contributed by atoms with Gasteiger partial charge in [-0.3, -0.25) is 4.79 Å². The van der Waals surface area contributed by atoms with E-state index in [0.29, 0.717) is 0 Å². The van der Waals surface area contributed by atoms with E-state index in [1.807, 2.05) is 47.2 Å². The molecule has 0 spiro atoms. The van der Waals surface area contributed by atoms with Crippen molar-refractivity contribution in [3.8, 4) is 0 Å². The number of nitrogens with zero attached hydrogens (tertiary/aromatic N) is 1. The number of hydrogen-bond donors (Lipinski definition) is 2. The van der Waals surface area contributed by atoms with Crippen molar-refractivity contribution >= 4 is 17.4 Å². The number of rotatable bonds is 5. The smallest absolute Gasteiger partial charge is 0.237 e. The number of primary amides is 1. The second kappa shape index (κ2) is 5.40. The minimum absolute atomic E-state index is 0.190. The van der Waals surface area contributed by atoms with Crippen LogP contribution in [0.25, 0.3) is 0 Å². The van der Waals surface area contributed by atoms with E-state index >= 15 is 0 Å². The van der Waals surface area contributed by atoms with Gasteiger partial charge in [-0.15, -0.1) is 0 Å². The molecule has 0 atom stereocenters. The molecule has 0 aliphatic rings. The molecule has 0 saturated heterocycles. The van der Waals surface area contributed by atoms with Gasteiger partial charge in [-0.25, -0.2) is 0 Å². The fraction of sp³-hybridized carbons (Fsp3) is 0.214. The normalized spacial score (nSPS) is 10.3. The largest absolute Gasteiger partial charge is 0.368 e. The fourth-order valence-corrected chi connectivity index (χ4v) is 1.83. The van der Waals surface area contributed by atoms with Gasteiger partial charge in [-0.1, -0.05) is 25.1 Å². The number of amides is 1. The minimum atomic E-state index is -0.343. The summed E-state index contributed by atoms with van der Waals surface area (Å²) < 4.78 is 1.84. The van der Waals surface area contributed by atoms with Crippen LogP contribution in [0.4, 0.5) is 11.5 Å². The summed E-state index contributed by atoms with van der Waals surface area (Å²) in [5, 5.41) is 3.29. The van der Waals surface area contributed by atoms with E-state index in [2.05, 4.69) is 12.2 Å². The van der Waals surface area contributed by atoms with Crippen molar-refractivity contribution in [3.05, 3.63) is 48.2 Å². The first kappa shape index (κ1) is 12.2. The van der Waals surface area contributed by atoms with E-state index in [1.165, 1.54) is 5.56 Å². The second-order valence-corrected chi connectivity index (χ2v) is 4.17. The lowest BCUT2D eigenvalue weighted by atomic mass is 10.3. The van der Waals surface area contributed by atoms with Crippen LogP contribution in [0.5, 0.6) is 0 Å². The first-order chi connectivity index (χ1) is 8.69. The van der Waals surface area contributed by atoms with Crippen LogP contribution < -0.4 is 11.1 Å². The maximum atomic E-state index is 11.0. The van der Waals surface area contributed by atoms with Crippen molar-refractivity contribution in [1.29, 1.82) is 0 Å². The maximum absolute atomic E-state index is 11.0. The zero-order chi connectivity index (χ0) is 13.0. The molecule has 3 N–H and O–H groups in total. The molecule has 1 heterocycles. The summed E-state index contributed by atoms with van der Waals surface area (Å²) in [4.78, 5) is 11.0. The molecule has 0 radical (unpaired) electrons. The molecule has 18 heavy (non-hydrogen) atoms. The Morgan fingerprint density at radius 1 is 1.33 bits per heavy atom. The first-order valence-electron chi connectivity index (χ1n) is 5.98. The van der Waals surface area contributed by atoms with Gasteiger partial charge in [0.25, 0.3) is 0 Å². The van der Waals surface area contributed by atoms with Gasteiger partial charge < -0.3 is 15.6 Å². The lowest BCUT2D eigenvalue weighted by Crippen LogP contribution is -2.19. The molecule has 0 unspecified atom stereocenters. The topological polar surface area (TPSA) is 60.1 Å². The van der Waals surface area contributed by atoms with E-state index in [4.69, 9.17) is 5.73 Å². The summed E-state index contributed by atoms with van der Waals surface area (Å²) in [5.41, 5.74) is 7.42.